The Morgan fingerprint density at radius 3 is 2.59 bits per heavy atom. The molecule has 1 aliphatic heterocycles. The predicted octanol–water partition coefficient (Wildman–Crippen LogP) is 5.76. The largest absolute Gasteiger partial charge is 0.453 e. The minimum absolute atomic E-state index is 0.0654. The van der Waals surface area contributed by atoms with E-state index in [2.05, 4.69) is 34.1 Å². The van der Waals surface area contributed by atoms with Crippen molar-refractivity contribution in [1.82, 2.24) is 9.88 Å². The van der Waals surface area contributed by atoms with E-state index in [-0.39, 0.29) is 23.3 Å². The second-order valence-corrected chi connectivity index (χ2v) is 8.79. The summed E-state index contributed by atoms with van der Waals surface area (Å²) in [5.41, 5.74) is 2.89. The number of aliphatic hydroxyl groups excluding tert-OH is 1. The number of nitrogens with zero attached hydrogens (tertiary/aromatic N) is 3. The molecule has 1 atom stereocenters. The summed E-state index contributed by atoms with van der Waals surface area (Å²) < 4.78 is 20.1. The highest BCUT2D eigenvalue weighted by Crippen LogP contribution is 2.50. The molecule has 34 heavy (non-hydrogen) atoms. The average molecular weight is 486 g/mol. The summed E-state index contributed by atoms with van der Waals surface area (Å²) in [7, 11) is 1.97. The molecule has 0 aliphatic carbocycles. The standard InChI is InChI=1S/C23H22FN3O4S.C2H6/c1-26(10-11-28)14-15-2-4-16(5-3-15)22-13-19-23(32-22)21(8-9-25-19)31-20-7-6-17(27(29)30)12-18(20)24;1-2/h2-9,12,22,28H,10-11,13-14H2,1H3;1-2H3. The lowest BCUT2D eigenvalue weighted by Crippen LogP contribution is -2.21. The van der Waals surface area contributed by atoms with E-state index in [0.717, 1.165) is 35.2 Å². The number of ether oxygens (including phenoxy) is 1. The SMILES string of the molecule is CC.CN(CCO)Cc1ccc(C2Cc3nccc(Oc4ccc([N+](=O)[O-])cc4F)c3S2)cc1. The van der Waals surface area contributed by atoms with Gasteiger partial charge in [-0.1, -0.05) is 38.1 Å². The first-order chi connectivity index (χ1) is 16.4. The number of non-ortho nitro benzene ring substituents is 1. The van der Waals surface area contributed by atoms with E-state index in [1.54, 1.807) is 24.0 Å². The highest BCUT2D eigenvalue weighted by Gasteiger charge is 2.28. The maximum absolute atomic E-state index is 14.3. The van der Waals surface area contributed by atoms with E-state index < -0.39 is 10.7 Å². The molecule has 0 saturated heterocycles. The summed E-state index contributed by atoms with van der Waals surface area (Å²) in [4.78, 5) is 17.5. The van der Waals surface area contributed by atoms with Crippen LogP contribution in [0, 0.1) is 15.9 Å². The number of benzene rings is 2. The number of aliphatic hydroxyl groups is 1. The maximum Gasteiger partial charge on any atom is 0.272 e. The van der Waals surface area contributed by atoms with Gasteiger partial charge in [0.15, 0.2) is 11.6 Å². The zero-order chi connectivity index (χ0) is 24.7. The Kier molecular flexibility index (Phi) is 8.98. The fraction of sp³-hybridized carbons (Fsp3) is 0.320. The van der Waals surface area contributed by atoms with Gasteiger partial charge < -0.3 is 9.84 Å². The maximum atomic E-state index is 14.3. The van der Waals surface area contributed by atoms with Gasteiger partial charge in [0.25, 0.3) is 5.69 Å². The van der Waals surface area contributed by atoms with Gasteiger partial charge in [0.2, 0.25) is 0 Å². The molecule has 1 aliphatic rings. The number of fused-ring (bicyclic) bond motifs is 1. The summed E-state index contributed by atoms with van der Waals surface area (Å²) in [6.07, 6.45) is 2.35. The predicted molar refractivity (Wildman–Crippen MR) is 131 cm³/mol. The number of rotatable bonds is 8. The van der Waals surface area contributed by atoms with E-state index in [4.69, 9.17) is 9.84 Å². The molecule has 1 unspecified atom stereocenters. The Bertz CT molecular complexity index is 1130. The van der Waals surface area contributed by atoms with Gasteiger partial charge in [-0.15, -0.1) is 11.8 Å². The summed E-state index contributed by atoms with van der Waals surface area (Å²) in [5, 5.41) is 20.0. The quantitative estimate of drug-likeness (QED) is 0.320. The Morgan fingerprint density at radius 2 is 1.94 bits per heavy atom. The monoisotopic (exact) mass is 485 g/mol. The fourth-order valence-electron chi connectivity index (χ4n) is 3.57. The molecule has 2 aromatic carbocycles. The van der Waals surface area contributed by atoms with Crippen LogP contribution < -0.4 is 4.74 Å². The zero-order valence-electron chi connectivity index (χ0n) is 19.4. The molecule has 3 aromatic rings. The summed E-state index contributed by atoms with van der Waals surface area (Å²) in [6.45, 7) is 5.52. The van der Waals surface area contributed by atoms with Gasteiger partial charge in [-0.2, -0.15) is 0 Å². The number of likely N-dealkylation sites (N-methyl/N-ethyl adjacent to an activating group) is 1. The third-order valence-electron chi connectivity index (χ3n) is 5.21. The lowest BCUT2D eigenvalue weighted by atomic mass is 10.1. The molecule has 180 valence electrons. The topological polar surface area (TPSA) is 88.7 Å². The van der Waals surface area contributed by atoms with Gasteiger partial charge in [-0.05, 0) is 24.2 Å². The highest BCUT2D eigenvalue weighted by molar-refractivity contribution is 8.00. The van der Waals surface area contributed by atoms with Gasteiger partial charge in [-0.3, -0.25) is 20.0 Å². The molecule has 0 amide bonds. The smallest absolute Gasteiger partial charge is 0.272 e. The van der Waals surface area contributed by atoms with Crippen LogP contribution >= 0.6 is 11.8 Å². The second-order valence-electron chi connectivity index (χ2n) is 7.57. The molecule has 0 bridgehead atoms. The molecular formula is C25H28FN3O4S. The molecule has 0 spiro atoms. The number of hydrogen-bond acceptors (Lipinski definition) is 7. The average Bonchev–Trinajstić information content (AvgIpc) is 3.27. The molecular weight excluding hydrogens is 457 g/mol. The van der Waals surface area contributed by atoms with Crippen LogP contribution in [0.5, 0.6) is 11.5 Å². The summed E-state index contributed by atoms with van der Waals surface area (Å²) >= 11 is 1.62. The van der Waals surface area contributed by atoms with Crippen LogP contribution in [0.4, 0.5) is 10.1 Å². The molecule has 1 aromatic heterocycles. The van der Waals surface area contributed by atoms with Gasteiger partial charge >= 0.3 is 0 Å². The van der Waals surface area contributed by atoms with Crippen molar-refractivity contribution in [2.24, 2.45) is 0 Å². The van der Waals surface area contributed by atoms with Crippen molar-refractivity contribution in [2.75, 3.05) is 20.2 Å². The molecule has 1 N–H and O–H groups in total. The first kappa shape index (κ1) is 25.6. The van der Waals surface area contributed by atoms with Crippen molar-refractivity contribution in [3.8, 4) is 11.5 Å². The second kappa shape index (κ2) is 11.9. The fourth-order valence-corrected chi connectivity index (χ4v) is 4.89. The number of pyridine rings is 1. The van der Waals surface area contributed by atoms with Crippen LogP contribution in [0.1, 0.15) is 35.9 Å². The van der Waals surface area contributed by atoms with Crippen LogP contribution in [-0.2, 0) is 13.0 Å². The Balaban J connectivity index is 0.00000158. The van der Waals surface area contributed by atoms with E-state index in [1.807, 2.05) is 20.9 Å². The molecule has 7 nitrogen and oxygen atoms in total. The van der Waals surface area contributed by atoms with Crippen molar-refractivity contribution in [1.29, 1.82) is 0 Å². The van der Waals surface area contributed by atoms with Gasteiger partial charge in [0, 0.05) is 43.1 Å². The number of thioether (sulfide) groups is 1. The number of halogens is 1. The van der Waals surface area contributed by atoms with Gasteiger partial charge in [0.05, 0.1) is 28.2 Å². The Labute approximate surface area is 202 Å². The van der Waals surface area contributed by atoms with Crippen molar-refractivity contribution >= 4 is 17.4 Å². The van der Waals surface area contributed by atoms with Gasteiger partial charge in [-0.25, -0.2) is 4.39 Å². The normalized spacial score (nSPS) is 14.4. The minimum atomic E-state index is -0.786. The van der Waals surface area contributed by atoms with Crippen LogP contribution in [0.2, 0.25) is 0 Å². The molecule has 0 radical (unpaired) electrons. The van der Waals surface area contributed by atoms with Gasteiger partial charge in [0.1, 0.15) is 5.75 Å². The first-order valence-electron chi connectivity index (χ1n) is 11.1. The lowest BCUT2D eigenvalue weighted by molar-refractivity contribution is -0.385. The number of aromatic nitrogens is 1. The highest BCUT2D eigenvalue weighted by atomic mass is 32.2. The van der Waals surface area contributed by atoms with Crippen molar-refractivity contribution in [3.05, 3.63) is 87.5 Å². The van der Waals surface area contributed by atoms with E-state index in [9.17, 15) is 14.5 Å². The molecule has 4 rings (SSSR count). The molecule has 0 saturated carbocycles. The van der Waals surface area contributed by atoms with Crippen molar-refractivity contribution in [3.63, 3.8) is 0 Å². The molecule has 0 fully saturated rings. The summed E-state index contributed by atoms with van der Waals surface area (Å²) in [5.74, 6) is -0.368. The van der Waals surface area contributed by atoms with Crippen molar-refractivity contribution < 1.29 is 19.2 Å². The third kappa shape index (κ3) is 6.11. The zero-order valence-corrected chi connectivity index (χ0v) is 20.2. The van der Waals surface area contributed by atoms with Crippen molar-refractivity contribution in [2.45, 2.75) is 37.0 Å². The van der Waals surface area contributed by atoms with E-state index in [0.29, 0.717) is 12.3 Å². The van der Waals surface area contributed by atoms with E-state index >= 15 is 0 Å². The number of nitro benzene ring substituents is 1. The number of hydrogen-bond donors (Lipinski definition) is 1. The van der Waals surface area contributed by atoms with Crippen LogP contribution in [0.15, 0.2) is 59.6 Å². The van der Waals surface area contributed by atoms with Crippen LogP contribution in [0.25, 0.3) is 0 Å². The lowest BCUT2D eigenvalue weighted by Gasteiger charge is -2.16. The Morgan fingerprint density at radius 1 is 1.21 bits per heavy atom. The van der Waals surface area contributed by atoms with E-state index in [1.165, 1.54) is 17.7 Å². The summed E-state index contributed by atoms with van der Waals surface area (Å²) in [6, 6.07) is 13.4. The van der Waals surface area contributed by atoms with Crippen LogP contribution in [-0.4, -0.2) is 40.1 Å². The van der Waals surface area contributed by atoms with Crippen LogP contribution in [0.3, 0.4) is 0 Å². The number of nitro groups is 1. The minimum Gasteiger partial charge on any atom is -0.453 e. The molecule has 2 heterocycles. The third-order valence-corrected chi connectivity index (χ3v) is 6.61. The molecule has 9 heteroatoms. The first-order valence-corrected chi connectivity index (χ1v) is 12.0. The Hall–Kier alpha value is -3.01.